The molecule has 0 spiro atoms. The molecule has 1 nitrogen and oxygen atoms in total. The van der Waals surface area contributed by atoms with Gasteiger partial charge in [0.2, 0.25) is 0 Å². The first-order valence-corrected chi connectivity index (χ1v) is 10.2. The second kappa shape index (κ2) is 5.68. The minimum Gasteiger partial charge on any atom is -0.385 e. The maximum atomic E-state index is 11.9. The molecule has 0 heterocycles. The zero-order chi connectivity index (χ0) is 17.0. The zero-order valence-electron chi connectivity index (χ0n) is 14.5. The van der Waals surface area contributed by atoms with Crippen LogP contribution in [-0.4, -0.2) is 15.3 Å². The van der Waals surface area contributed by atoms with Crippen LogP contribution in [0.5, 0.6) is 0 Å². The largest absolute Gasteiger partial charge is 0.385 e. The smallest absolute Gasteiger partial charge is 0.0939 e. The lowest BCUT2D eigenvalue weighted by Crippen LogP contribution is -2.32. The van der Waals surface area contributed by atoms with Gasteiger partial charge in [0.05, 0.1) is 5.60 Å². The third-order valence-corrected chi connectivity index (χ3v) is 6.92. The quantitative estimate of drug-likeness (QED) is 0.516. The monoisotopic (exact) mass is 343 g/mol. The number of rotatable bonds is 3. The second-order valence-corrected chi connectivity index (χ2v) is 8.45. The van der Waals surface area contributed by atoms with Gasteiger partial charge >= 0.3 is 0 Å². The summed E-state index contributed by atoms with van der Waals surface area (Å²) in [6.07, 6.45) is 5.60. The first-order chi connectivity index (χ1) is 12.2. The fourth-order valence-electron chi connectivity index (χ4n) is 5.69. The Morgan fingerprint density at radius 3 is 2.00 bits per heavy atom. The van der Waals surface area contributed by atoms with E-state index in [0.717, 1.165) is 18.9 Å². The summed E-state index contributed by atoms with van der Waals surface area (Å²) < 4.78 is 0. The molecule has 3 aromatic rings. The second-order valence-electron chi connectivity index (χ2n) is 7.95. The van der Waals surface area contributed by atoms with Crippen molar-refractivity contribution in [3.63, 3.8) is 0 Å². The highest BCUT2D eigenvalue weighted by Gasteiger charge is 2.52. The van der Waals surface area contributed by atoms with E-state index in [-0.39, 0.29) is 0 Å². The van der Waals surface area contributed by atoms with Crippen LogP contribution in [0.15, 0.2) is 48.5 Å². The van der Waals surface area contributed by atoms with Gasteiger partial charge in [-0.3, -0.25) is 0 Å². The third-order valence-electron chi connectivity index (χ3n) is 6.67. The van der Waals surface area contributed by atoms with Gasteiger partial charge in [0.25, 0.3) is 0 Å². The van der Waals surface area contributed by atoms with Crippen molar-refractivity contribution in [2.45, 2.75) is 43.7 Å². The van der Waals surface area contributed by atoms with Gasteiger partial charge in [-0.15, -0.1) is 0 Å². The van der Waals surface area contributed by atoms with Gasteiger partial charge in [-0.1, -0.05) is 54.6 Å². The summed E-state index contributed by atoms with van der Waals surface area (Å²) >= 11 is 0. The van der Waals surface area contributed by atoms with Crippen molar-refractivity contribution in [1.82, 2.24) is 0 Å². The molecular formula is C23H23OSi. The van der Waals surface area contributed by atoms with Gasteiger partial charge in [-0.2, -0.15) is 0 Å². The Morgan fingerprint density at radius 2 is 1.52 bits per heavy atom. The highest BCUT2D eigenvalue weighted by atomic mass is 28.1. The van der Waals surface area contributed by atoms with Crippen LogP contribution in [0.2, 0.25) is 6.04 Å². The Bertz CT molecular complexity index is 906. The summed E-state index contributed by atoms with van der Waals surface area (Å²) in [4.78, 5) is 0. The standard InChI is InChI=1S/C23H23OSi/c24-23(14-15-9-10-16(23)13-15)22-20-7-3-1-5-17(20)19(11-12-25)18-6-2-4-8-21(18)22/h1-8,15-16,24H,9-14H2. The van der Waals surface area contributed by atoms with E-state index in [1.165, 1.54) is 51.9 Å². The van der Waals surface area contributed by atoms with Crippen LogP contribution in [0.3, 0.4) is 0 Å². The minimum absolute atomic E-state index is 0.422. The van der Waals surface area contributed by atoms with E-state index in [9.17, 15) is 5.11 Å². The highest BCUT2D eigenvalue weighted by Crippen LogP contribution is 2.58. The van der Waals surface area contributed by atoms with Crippen LogP contribution in [0.4, 0.5) is 0 Å². The van der Waals surface area contributed by atoms with Crippen molar-refractivity contribution in [3.8, 4) is 0 Å². The van der Waals surface area contributed by atoms with Crippen LogP contribution in [0.1, 0.15) is 36.8 Å². The lowest BCUT2D eigenvalue weighted by molar-refractivity contribution is -0.0155. The first-order valence-electron chi connectivity index (χ1n) is 9.52. The fraction of sp³-hybridized carbons (Fsp3) is 0.391. The van der Waals surface area contributed by atoms with Gasteiger partial charge in [0, 0.05) is 10.2 Å². The summed E-state index contributed by atoms with van der Waals surface area (Å²) in [6, 6.07) is 18.4. The molecule has 3 aromatic carbocycles. The fourth-order valence-corrected chi connectivity index (χ4v) is 5.94. The predicted octanol–water partition coefficient (Wildman–Crippen LogP) is 5.13. The molecule has 2 heteroatoms. The number of aliphatic hydroxyl groups is 1. The van der Waals surface area contributed by atoms with Gasteiger partial charge in [-0.25, -0.2) is 0 Å². The Hall–Kier alpha value is -1.64. The molecule has 2 saturated carbocycles. The molecule has 0 aromatic heterocycles. The van der Waals surface area contributed by atoms with Crippen LogP contribution in [0, 0.1) is 11.8 Å². The van der Waals surface area contributed by atoms with Crippen LogP contribution < -0.4 is 0 Å². The Labute approximate surface area is 152 Å². The van der Waals surface area contributed by atoms with E-state index in [1.807, 2.05) is 0 Å². The molecule has 2 bridgehead atoms. The summed E-state index contributed by atoms with van der Waals surface area (Å²) in [5, 5.41) is 17.0. The van der Waals surface area contributed by atoms with Crippen molar-refractivity contribution in [3.05, 3.63) is 59.7 Å². The van der Waals surface area contributed by atoms with Crippen LogP contribution in [-0.2, 0) is 12.0 Å². The molecule has 2 aliphatic carbocycles. The van der Waals surface area contributed by atoms with E-state index in [2.05, 4.69) is 58.8 Å². The zero-order valence-corrected chi connectivity index (χ0v) is 15.5. The number of aryl methyl sites for hydroxylation is 1. The molecule has 5 rings (SSSR count). The van der Waals surface area contributed by atoms with E-state index in [0.29, 0.717) is 11.8 Å². The van der Waals surface area contributed by atoms with Crippen molar-refractivity contribution in [2.75, 3.05) is 0 Å². The Morgan fingerprint density at radius 1 is 0.920 bits per heavy atom. The van der Waals surface area contributed by atoms with Gasteiger partial charge < -0.3 is 5.11 Å². The SMILES string of the molecule is OC1(c2c3ccccc3c(CC[Si])c3ccccc23)CC2CCC1C2. The normalized spacial score (nSPS) is 28.2. The maximum absolute atomic E-state index is 11.9. The highest BCUT2D eigenvalue weighted by molar-refractivity contribution is 6.10. The van der Waals surface area contributed by atoms with E-state index >= 15 is 0 Å². The summed E-state index contributed by atoms with van der Waals surface area (Å²) in [7, 11) is 3.68. The topological polar surface area (TPSA) is 20.2 Å². The molecule has 1 N–H and O–H groups in total. The maximum Gasteiger partial charge on any atom is 0.0939 e. The molecule has 0 saturated heterocycles. The minimum atomic E-state index is -0.658. The van der Waals surface area contributed by atoms with Crippen molar-refractivity contribution in [1.29, 1.82) is 0 Å². The average molecular weight is 344 g/mol. The number of hydrogen-bond acceptors (Lipinski definition) is 1. The van der Waals surface area contributed by atoms with Crippen molar-refractivity contribution < 1.29 is 5.11 Å². The molecule has 0 aliphatic heterocycles. The number of hydrogen-bond donors (Lipinski definition) is 1. The molecule has 3 atom stereocenters. The molecule has 3 radical (unpaired) electrons. The van der Waals surface area contributed by atoms with Gasteiger partial charge in [0.15, 0.2) is 0 Å². The molecule has 0 amide bonds. The van der Waals surface area contributed by atoms with E-state index in [4.69, 9.17) is 0 Å². The summed E-state index contributed by atoms with van der Waals surface area (Å²) in [5.74, 6) is 1.13. The molecule has 3 unspecified atom stereocenters. The molecule has 2 aliphatic rings. The van der Waals surface area contributed by atoms with E-state index < -0.39 is 5.60 Å². The molecule has 125 valence electrons. The van der Waals surface area contributed by atoms with Crippen molar-refractivity contribution >= 4 is 31.8 Å². The first kappa shape index (κ1) is 15.6. The summed E-state index contributed by atoms with van der Waals surface area (Å²) in [6.45, 7) is 0. The molecular weight excluding hydrogens is 320 g/mol. The molecule has 2 fully saturated rings. The number of fused-ring (bicyclic) bond motifs is 4. The summed E-state index contributed by atoms with van der Waals surface area (Å²) in [5.41, 5.74) is 1.94. The number of benzene rings is 3. The van der Waals surface area contributed by atoms with Crippen LogP contribution in [0.25, 0.3) is 21.5 Å². The Balaban J connectivity index is 1.90. The van der Waals surface area contributed by atoms with Crippen molar-refractivity contribution in [2.24, 2.45) is 11.8 Å². The van der Waals surface area contributed by atoms with Crippen LogP contribution >= 0.6 is 0 Å². The molecule has 25 heavy (non-hydrogen) atoms. The average Bonchev–Trinajstić information content (AvgIpc) is 3.22. The third kappa shape index (κ3) is 2.17. The van der Waals surface area contributed by atoms with Gasteiger partial charge in [-0.05, 0) is 76.6 Å². The van der Waals surface area contributed by atoms with E-state index in [1.54, 1.807) is 0 Å². The predicted molar refractivity (Wildman–Crippen MR) is 105 cm³/mol. The lowest BCUT2D eigenvalue weighted by Gasteiger charge is -2.35. The van der Waals surface area contributed by atoms with Gasteiger partial charge in [0.1, 0.15) is 0 Å². The Kier molecular flexibility index (Phi) is 3.55. The lowest BCUT2D eigenvalue weighted by atomic mass is 9.74.